The van der Waals surface area contributed by atoms with E-state index in [2.05, 4.69) is 16.2 Å². The van der Waals surface area contributed by atoms with Crippen LogP contribution in [0.2, 0.25) is 0 Å². The van der Waals surface area contributed by atoms with Crippen molar-refractivity contribution < 1.29 is 4.79 Å². The number of benzene rings is 1. The zero-order chi connectivity index (χ0) is 14.5. The summed E-state index contributed by atoms with van der Waals surface area (Å²) >= 11 is 0. The van der Waals surface area contributed by atoms with Crippen LogP contribution in [0.15, 0.2) is 30.3 Å². The molecular weight excluding hydrogens is 248 g/mol. The fourth-order valence-corrected chi connectivity index (χ4v) is 2.20. The van der Waals surface area contributed by atoms with Crippen LogP contribution in [0.4, 0.5) is 0 Å². The largest absolute Gasteiger partial charge is 0.348 e. The minimum absolute atomic E-state index is 0.0136. The summed E-state index contributed by atoms with van der Waals surface area (Å²) in [6.07, 6.45) is 6.69. The zero-order valence-electron chi connectivity index (χ0n) is 11.8. The van der Waals surface area contributed by atoms with E-state index in [1.165, 1.54) is 0 Å². The number of para-hydroxylation sites is 1. The van der Waals surface area contributed by atoms with Gasteiger partial charge in [0.25, 0.3) is 5.91 Å². The second-order valence-electron chi connectivity index (χ2n) is 4.82. The Morgan fingerprint density at radius 2 is 2.20 bits per heavy atom. The molecule has 2 rings (SSSR count). The number of fused-ring (bicyclic) bond motifs is 1. The van der Waals surface area contributed by atoms with Crippen LogP contribution in [0.5, 0.6) is 0 Å². The Kier molecular flexibility index (Phi) is 4.37. The minimum atomic E-state index is -0.0891. The summed E-state index contributed by atoms with van der Waals surface area (Å²) in [6, 6.07) is 9.50. The lowest BCUT2D eigenvalue weighted by Gasteiger charge is -2.15. The Balaban J connectivity index is 2.37. The molecule has 0 aliphatic heterocycles. The lowest BCUT2D eigenvalue weighted by Crippen LogP contribution is -2.34. The van der Waals surface area contributed by atoms with E-state index < -0.39 is 0 Å². The summed E-state index contributed by atoms with van der Waals surface area (Å²) in [4.78, 5) is 16.9. The van der Waals surface area contributed by atoms with Gasteiger partial charge in [-0.3, -0.25) is 9.78 Å². The van der Waals surface area contributed by atoms with Crippen molar-refractivity contribution in [3.8, 4) is 12.3 Å². The summed E-state index contributed by atoms with van der Waals surface area (Å²) in [5, 5.41) is 3.86. The number of nitrogens with one attached hydrogen (secondary N) is 1. The third-order valence-corrected chi connectivity index (χ3v) is 3.28. The van der Waals surface area contributed by atoms with Crippen molar-refractivity contribution in [3.63, 3.8) is 0 Å². The predicted octanol–water partition coefficient (Wildman–Crippen LogP) is 3.07. The molecule has 1 unspecified atom stereocenters. The number of aromatic nitrogens is 1. The van der Waals surface area contributed by atoms with E-state index in [9.17, 15) is 4.79 Å². The monoisotopic (exact) mass is 266 g/mol. The van der Waals surface area contributed by atoms with Crippen molar-refractivity contribution in [2.24, 2.45) is 0 Å². The molecule has 3 nitrogen and oxygen atoms in total. The van der Waals surface area contributed by atoms with Gasteiger partial charge in [-0.2, -0.15) is 0 Å². The molecule has 1 aromatic carbocycles. The predicted molar refractivity (Wildman–Crippen MR) is 81.5 cm³/mol. The van der Waals surface area contributed by atoms with Gasteiger partial charge in [-0.15, -0.1) is 12.3 Å². The molecule has 1 N–H and O–H groups in total. The maximum atomic E-state index is 12.4. The highest BCUT2D eigenvalue weighted by Crippen LogP contribution is 2.18. The Morgan fingerprint density at radius 3 is 2.90 bits per heavy atom. The van der Waals surface area contributed by atoms with Gasteiger partial charge in [-0.25, -0.2) is 0 Å². The first kappa shape index (κ1) is 14.1. The molecule has 0 bridgehead atoms. The molecular formula is C17H18N2O. The Hall–Kier alpha value is -2.34. The van der Waals surface area contributed by atoms with E-state index in [1.807, 2.05) is 44.2 Å². The lowest BCUT2D eigenvalue weighted by molar-refractivity contribution is 0.0938. The molecule has 1 aromatic heterocycles. The number of aryl methyl sites for hydroxylation is 1. The number of amides is 1. The molecule has 0 radical (unpaired) electrons. The first-order chi connectivity index (χ1) is 9.65. The molecule has 1 atom stereocenters. The number of hydrogen-bond donors (Lipinski definition) is 1. The summed E-state index contributed by atoms with van der Waals surface area (Å²) in [6.45, 7) is 3.90. The van der Waals surface area contributed by atoms with E-state index in [0.717, 1.165) is 23.0 Å². The second kappa shape index (κ2) is 6.21. The third-order valence-electron chi connectivity index (χ3n) is 3.28. The van der Waals surface area contributed by atoms with Crippen molar-refractivity contribution in [2.45, 2.75) is 32.7 Å². The molecule has 2 aromatic rings. The van der Waals surface area contributed by atoms with Crippen LogP contribution in [-0.2, 0) is 0 Å². The molecule has 102 valence electrons. The summed E-state index contributed by atoms with van der Waals surface area (Å²) in [5.74, 6) is 2.51. The van der Waals surface area contributed by atoms with Gasteiger partial charge in [-0.05, 0) is 25.5 Å². The average Bonchev–Trinajstić information content (AvgIpc) is 2.45. The van der Waals surface area contributed by atoms with Crippen molar-refractivity contribution in [1.29, 1.82) is 0 Å². The number of pyridine rings is 1. The molecule has 0 aliphatic rings. The van der Waals surface area contributed by atoms with Crippen LogP contribution in [-0.4, -0.2) is 16.9 Å². The van der Waals surface area contributed by atoms with Crippen molar-refractivity contribution >= 4 is 16.8 Å². The van der Waals surface area contributed by atoms with E-state index in [0.29, 0.717) is 12.0 Å². The quantitative estimate of drug-likeness (QED) is 0.864. The van der Waals surface area contributed by atoms with Gasteiger partial charge in [0.15, 0.2) is 0 Å². The number of nitrogens with zero attached hydrogens (tertiary/aromatic N) is 1. The van der Waals surface area contributed by atoms with Crippen LogP contribution in [0.3, 0.4) is 0 Å². The van der Waals surface area contributed by atoms with E-state index in [-0.39, 0.29) is 11.9 Å². The van der Waals surface area contributed by atoms with Crippen LogP contribution in [0.25, 0.3) is 10.9 Å². The molecule has 3 heteroatoms. The highest BCUT2D eigenvalue weighted by molar-refractivity contribution is 6.06. The smallest absolute Gasteiger partial charge is 0.252 e. The maximum absolute atomic E-state index is 12.4. The van der Waals surface area contributed by atoms with Crippen LogP contribution in [0.1, 0.15) is 35.8 Å². The number of carbonyl (C=O) groups excluding carboxylic acids is 1. The first-order valence-corrected chi connectivity index (χ1v) is 6.76. The third kappa shape index (κ3) is 2.97. The Bertz CT molecular complexity index is 670. The SMILES string of the molecule is C#CCC(CC)NC(=O)c1cc(C)nc2ccccc12. The first-order valence-electron chi connectivity index (χ1n) is 6.76. The highest BCUT2D eigenvalue weighted by Gasteiger charge is 2.15. The number of hydrogen-bond acceptors (Lipinski definition) is 2. The molecule has 0 fully saturated rings. The molecule has 0 saturated carbocycles. The summed E-state index contributed by atoms with van der Waals surface area (Å²) < 4.78 is 0. The van der Waals surface area contributed by atoms with Gasteiger partial charge in [0.2, 0.25) is 0 Å². The lowest BCUT2D eigenvalue weighted by atomic mass is 10.1. The molecule has 0 spiro atoms. The van der Waals surface area contributed by atoms with E-state index >= 15 is 0 Å². The Morgan fingerprint density at radius 1 is 1.45 bits per heavy atom. The topological polar surface area (TPSA) is 42.0 Å². The van der Waals surface area contributed by atoms with Gasteiger partial charge in [0, 0.05) is 23.5 Å². The van der Waals surface area contributed by atoms with Crippen LogP contribution < -0.4 is 5.32 Å². The highest BCUT2D eigenvalue weighted by atomic mass is 16.1. The standard InChI is InChI=1S/C17H18N2O/c1-4-8-13(5-2)19-17(20)15-11-12(3)18-16-10-7-6-9-14(15)16/h1,6-7,9-11,13H,5,8H2,2-3H3,(H,19,20). The van der Waals surface area contributed by atoms with Gasteiger partial charge in [-0.1, -0.05) is 25.1 Å². The second-order valence-corrected chi connectivity index (χ2v) is 4.82. The molecule has 20 heavy (non-hydrogen) atoms. The molecule has 1 heterocycles. The van der Waals surface area contributed by atoms with Crippen molar-refractivity contribution in [1.82, 2.24) is 10.3 Å². The van der Waals surface area contributed by atoms with Gasteiger partial charge in [0.05, 0.1) is 11.1 Å². The number of rotatable bonds is 4. The summed E-state index contributed by atoms with van der Waals surface area (Å²) in [7, 11) is 0. The van der Waals surface area contributed by atoms with Gasteiger partial charge >= 0.3 is 0 Å². The van der Waals surface area contributed by atoms with Crippen LogP contribution >= 0.6 is 0 Å². The fourth-order valence-electron chi connectivity index (χ4n) is 2.20. The molecule has 1 amide bonds. The zero-order valence-corrected chi connectivity index (χ0v) is 11.8. The molecule has 0 saturated heterocycles. The normalized spacial score (nSPS) is 11.8. The van der Waals surface area contributed by atoms with E-state index in [1.54, 1.807) is 0 Å². The average molecular weight is 266 g/mol. The minimum Gasteiger partial charge on any atom is -0.348 e. The van der Waals surface area contributed by atoms with Gasteiger partial charge < -0.3 is 5.32 Å². The Labute approximate surface area is 119 Å². The number of terminal acetylenes is 1. The summed E-state index contributed by atoms with van der Waals surface area (Å²) in [5.41, 5.74) is 2.32. The number of carbonyl (C=O) groups is 1. The van der Waals surface area contributed by atoms with Gasteiger partial charge in [0.1, 0.15) is 0 Å². The fraction of sp³-hybridized carbons (Fsp3) is 0.294. The van der Waals surface area contributed by atoms with Crippen LogP contribution in [0, 0.1) is 19.3 Å². The van der Waals surface area contributed by atoms with Crippen molar-refractivity contribution in [3.05, 3.63) is 41.6 Å². The maximum Gasteiger partial charge on any atom is 0.252 e. The van der Waals surface area contributed by atoms with Crippen molar-refractivity contribution in [2.75, 3.05) is 0 Å². The molecule has 0 aliphatic carbocycles. The van der Waals surface area contributed by atoms with E-state index in [4.69, 9.17) is 6.42 Å².